The van der Waals surface area contributed by atoms with Crippen molar-refractivity contribution in [3.05, 3.63) is 87.3 Å². The first-order valence-corrected chi connectivity index (χ1v) is 14.3. The number of nitrogens with one attached hydrogen (secondary N) is 1. The summed E-state index contributed by atoms with van der Waals surface area (Å²) in [5.74, 6) is 1.32. The minimum atomic E-state index is -0.122. The van der Waals surface area contributed by atoms with Gasteiger partial charge < -0.3 is 10.1 Å². The smallest absolute Gasteiger partial charge is 0.259 e. The molecule has 4 nitrogen and oxygen atoms in total. The molecule has 0 spiro atoms. The zero-order valence-corrected chi connectivity index (χ0v) is 23.9. The van der Waals surface area contributed by atoms with E-state index in [1.807, 2.05) is 49.5 Å². The van der Waals surface area contributed by atoms with Crippen LogP contribution in [0, 0.1) is 11.3 Å². The summed E-state index contributed by atoms with van der Waals surface area (Å²) in [7, 11) is 0. The quantitative estimate of drug-likeness (QED) is 0.246. The highest BCUT2D eigenvalue weighted by atomic mass is 35.5. The van der Waals surface area contributed by atoms with E-state index in [-0.39, 0.29) is 11.3 Å². The molecule has 38 heavy (non-hydrogen) atoms. The number of aliphatic imine (C=N–C) groups is 1. The van der Waals surface area contributed by atoms with Gasteiger partial charge in [-0.15, -0.1) is 11.3 Å². The van der Waals surface area contributed by atoms with E-state index in [2.05, 4.69) is 38.2 Å². The van der Waals surface area contributed by atoms with Crippen molar-refractivity contribution in [2.45, 2.75) is 47.0 Å². The third-order valence-corrected chi connectivity index (χ3v) is 8.75. The molecule has 1 aromatic heterocycles. The summed E-state index contributed by atoms with van der Waals surface area (Å²) in [6.07, 6.45) is 4.82. The number of rotatable bonds is 6. The summed E-state index contributed by atoms with van der Waals surface area (Å²) in [5, 5.41) is 6.59. The summed E-state index contributed by atoms with van der Waals surface area (Å²) in [5.41, 5.74) is 3.77. The van der Waals surface area contributed by atoms with Gasteiger partial charge in [0.1, 0.15) is 10.8 Å². The largest absolute Gasteiger partial charge is 0.493 e. The average molecular weight is 545 g/mol. The Balaban J connectivity index is 1.54. The van der Waals surface area contributed by atoms with E-state index in [1.54, 1.807) is 23.5 Å². The molecule has 5 rings (SSSR count). The van der Waals surface area contributed by atoms with Crippen molar-refractivity contribution in [2.75, 3.05) is 11.9 Å². The van der Waals surface area contributed by atoms with Crippen LogP contribution in [0.1, 0.15) is 60.5 Å². The lowest BCUT2D eigenvalue weighted by Gasteiger charge is -2.33. The fraction of sp³-hybridized carbons (Fsp3) is 0.312. The molecule has 0 bridgehead atoms. The van der Waals surface area contributed by atoms with Gasteiger partial charge in [0.25, 0.3) is 5.91 Å². The Morgan fingerprint density at radius 2 is 1.84 bits per heavy atom. The Morgan fingerprint density at radius 1 is 1.11 bits per heavy atom. The normalized spacial score (nSPS) is 15.6. The Bertz CT molecular complexity index is 1500. The molecule has 196 valence electrons. The van der Waals surface area contributed by atoms with E-state index in [4.69, 9.17) is 21.3 Å². The number of carbonyl (C=O) groups is 1. The number of benzene rings is 3. The Hall–Kier alpha value is -3.15. The van der Waals surface area contributed by atoms with Crippen LogP contribution in [0.2, 0.25) is 5.02 Å². The summed E-state index contributed by atoms with van der Waals surface area (Å²) in [6.45, 7) is 9.52. The number of amides is 1. The second-order valence-corrected chi connectivity index (χ2v) is 12.4. The van der Waals surface area contributed by atoms with Crippen LogP contribution in [-0.4, -0.2) is 18.7 Å². The predicted octanol–water partition coefficient (Wildman–Crippen LogP) is 9.11. The van der Waals surface area contributed by atoms with Crippen molar-refractivity contribution < 1.29 is 9.53 Å². The molecule has 1 amide bonds. The number of carbonyl (C=O) groups excluding carboxylic acids is 1. The van der Waals surface area contributed by atoms with Crippen molar-refractivity contribution >= 4 is 56.5 Å². The topological polar surface area (TPSA) is 50.7 Å². The van der Waals surface area contributed by atoms with E-state index >= 15 is 0 Å². The van der Waals surface area contributed by atoms with Gasteiger partial charge in [-0.25, -0.2) is 4.99 Å². The van der Waals surface area contributed by atoms with E-state index in [1.165, 1.54) is 4.88 Å². The van der Waals surface area contributed by atoms with E-state index < -0.39 is 0 Å². The molecular formula is C32H33ClN2O2S. The minimum Gasteiger partial charge on any atom is -0.493 e. The van der Waals surface area contributed by atoms with Crippen molar-refractivity contribution in [3.8, 4) is 5.75 Å². The molecule has 4 aromatic rings. The lowest BCUT2D eigenvalue weighted by atomic mass is 9.72. The van der Waals surface area contributed by atoms with Crippen LogP contribution in [0.4, 0.5) is 10.7 Å². The highest BCUT2D eigenvalue weighted by Gasteiger charge is 2.33. The van der Waals surface area contributed by atoms with Gasteiger partial charge in [0.2, 0.25) is 0 Å². The second-order valence-electron chi connectivity index (χ2n) is 10.8. The summed E-state index contributed by atoms with van der Waals surface area (Å²) in [4.78, 5) is 19.9. The Kier molecular flexibility index (Phi) is 7.60. The average Bonchev–Trinajstić information content (AvgIpc) is 3.27. The van der Waals surface area contributed by atoms with Crippen LogP contribution >= 0.6 is 22.9 Å². The molecule has 0 unspecified atom stereocenters. The summed E-state index contributed by atoms with van der Waals surface area (Å²) < 4.78 is 5.84. The number of hydrogen-bond donors (Lipinski definition) is 1. The van der Waals surface area contributed by atoms with Crippen molar-refractivity contribution in [2.24, 2.45) is 16.3 Å². The molecule has 6 heteroatoms. The molecule has 1 atom stereocenters. The van der Waals surface area contributed by atoms with Gasteiger partial charge in [0.05, 0.1) is 12.2 Å². The molecule has 3 aromatic carbocycles. The first kappa shape index (κ1) is 26.5. The highest BCUT2D eigenvalue weighted by molar-refractivity contribution is 7.16. The van der Waals surface area contributed by atoms with Gasteiger partial charge in [0, 0.05) is 32.8 Å². The third kappa shape index (κ3) is 5.50. The lowest BCUT2D eigenvalue weighted by molar-refractivity contribution is 0.102. The number of halogens is 1. The fourth-order valence-corrected chi connectivity index (χ4v) is 6.57. The molecule has 1 aliphatic rings. The highest BCUT2D eigenvalue weighted by Crippen LogP contribution is 2.45. The number of anilines is 1. The fourth-order valence-electron chi connectivity index (χ4n) is 5.18. The van der Waals surface area contributed by atoms with E-state index in [0.717, 1.165) is 57.6 Å². The SMILES string of the molecule is CCOc1ccc(C=Nc2sc3c(c2C(=O)Nc2ccc(Cl)cc2)CC[C@H](C(C)(C)C)C3)c2ccccc12. The van der Waals surface area contributed by atoms with Gasteiger partial charge in [0.15, 0.2) is 0 Å². The van der Waals surface area contributed by atoms with E-state index in [0.29, 0.717) is 23.1 Å². The maximum atomic E-state index is 13.6. The first-order valence-electron chi connectivity index (χ1n) is 13.1. The van der Waals surface area contributed by atoms with Crippen LogP contribution in [0.25, 0.3) is 10.8 Å². The van der Waals surface area contributed by atoms with Gasteiger partial charge in [-0.05, 0) is 84.9 Å². The zero-order chi connectivity index (χ0) is 26.9. The summed E-state index contributed by atoms with van der Waals surface area (Å²) >= 11 is 7.70. The van der Waals surface area contributed by atoms with Gasteiger partial charge in [-0.3, -0.25) is 4.79 Å². The molecule has 0 radical (unpaired) electrons. The monoisotopic (exact) mass is 544 g/mol. The second kappa shape index (κ2) is 10.9. The van der Waals surface area contributed by atoms with Crippen LogP contribution in [0.5, 0.6) is 5.75 Å². The maximum Gasteiger partial charge on any atom is 0.259 e. The zero-order valence-electron chi connectivity index (χ0n) is 22.3. The van der Waals surface area contributed by atoms with Crippen LogP contribution < -0.4 is 10.1 Å². The van der Waals surface area contributed by atoms with Crippen LogP contribution in [0.3, 0.4) is 0 Å². The lowest BCUT2D eigenvalue weighted by Crippen LogP contribution is -2.27. The van der Waals surface area contributed by atoms with Gasteiger partial charge >= 0.3 is 0 Å². The predicted molar refractivity (Wildman–Crippen MR) is 161 cm³/mol. The number of hydrogen-bond acceptors (Lipinski definition) is 4. The summed E-state index contributed by atoms with van der Waals surface area (Å²) in [6, 6.07) is 19.4. The molecule has 0 saturated carbocycles. The molecule has 0 saturated heterocycles. The molecular weight excluding hydrogens is 512 g/mol. The Morgan fingerprint density at radius 3 is 2.55 bits per heavy atom. The standard InChI is InChI=1S/C32H33ClN2O2S/c1-5-37-27-17-10-20(24-8-6-7-9-25(24)27)19-34-31-29(30(36)35-23-14-12-22(33)13-15-23)26-16-11-21(32(2,3)4)18-28(26)38-31/h6-10,12-15,17,19,21H,5,11,16,18H2,1-4H3,(H,35,36)/t21-/m0/s1. The minimum absolute atomic E-state index is 0.122. The number of thiophene rings is 1. The number of fused-ring (bicyclic) bond motifs is 2. The molecule has 0 aliphatic heterocycles. The molecule has 1 heterocycles. The molecule has 0 fully saturated rings. The number of nitrogens with zero attached hydrogens (tertiary/aromatic N) is 1. The van der Waals surface area contributed by atoms with Gasteiger partial charge in [-0.1, -0.05) is 56.6 Å². The maximum absolute atomic E-state index is 13.6. The van der Waals surface area contributed by atoms with Gasteiger partial charge in [-0.2, -0.15) is 0 Å². The van der Waals surface area contributed by atoms with Crippen molar-refractivity contribution in [1.29, 1.82) is 0 Å². The molecule has 1 aliphatic carbocycles. The van der Waals surface area contributed by atoms with Crippen LogP contribution in [0.15, 0.2) is 65.7 Å². The number of ether oxygens (including phenoxy) is 1. The Labute approximate surface area is 233 Å². The van der Waals surface area contributed by atoms with Crippen molar-refractivity contribution in [1.82, 2.24) is 0 Å². The van der Waals surface area contributed by atoms with Crippen molar-refractivity contribution in [3.63, 3.8) is 0 Å². The van der Waals surface area contributed by atoms with E-state index in [9.17, 15) is 4.79 Å². The third-order valence-electron chi connectivity index (χ3n) is 7.34. The molecule has 1 N–H and O–H groups in total. The first-order chi connectivity index (χ1) is 18.2. The van der Waals surface area contributed by atoms with Crippen LogP contribution in [-0.2, 0) is 12.8 Å².